The Balaban J connectivity index is 3.61. The number of nitrogens with zero attached hydrogens (tertiary/aromatic N) is 2. The van der Waals surface area contributed by atoms with E-state index in [0.717, 1.165) is 0 Å². The van der Waals surface area contributed by atoms with E-state index in [2.05, 4.69) is 5.32 Å². The van der Waals surface area contributed by atoms with E-state index in [0.29, 0.717) is 13.1 Å². The van der Waals surface area contributed by atoms with Crippen molar-refractivity contribution in [3.05, 3.63) is 0 Å². The number of carbonyl (C=O) groups excluding carboxylic acids is 2. The van der Waals surface area contributed by atoms with Crippen molar-refractivity contribution in [2.75, 3.05) is 26.7 Å². The van der Waals surface area contributed by atoms with Gasteiger partial charge in [-0.15, -0.1) is 0 Å². The highest BCUT2D eigenvalue weighted by Crippen LogP contribution is 1.90. The highest BCUT2D eigenvalue weighted by atomic mass is 16.6. The van der Waals surface area contributed by atoms with Crippen LogP contribution in [0.5, 0.6) is 0 Å². The first kappa shape index (κ1) is 13.2. The molecule has 0 aromatic rings. The average Bonchev–Trinajstić information content (AvgIpc) is 2.17. The van der Waals surface area contributed by atoms with Gasteiger partial charge in [0.05, 0.1) is 12.5 Å². The summed E-state index contributed by atoms with van der Waals surface area (Å²) in [5.74, 6) is -0.138. The molecule has 0 aromatic carbocycles. The van der Waals surface area contributed by atoms with Gasteiger partial charge in [0.2, 0.25) is 5.91 Å². The number of nitrogens with one attached hydrogen (secondary N) is 1. The highest BCUT2D eigenvalue weighted by molar-refractivity contribution is 5.73. The zero-order valence-corrected chi connectivity index (χ0v) is 8.95. The molecule has 15 heavy (non-hydrogen) atoms. The van der Waals surface area contributed by atoms with Gasteiger partial charge in [0.1, 0.15) is 6.61 Å². The molecule has 0 radical (unpaired) electrons. The first-order chi connectivity index (χ1) is 7.07. The quantitative estimate of drug-likeness (QED) is 0.657. The number of carbonyl (C=O) groups is 2. The van der Waals surface area contributed by atoms with Gasteiger partial charge in [-0.05, 0) is 0 Å². The fourth-order valence-electron chi connectivity index (χ4n) is 0.785. The van der Waals surface area contributed by atoms with Crippen molar-refractivity contribution in [3.63, 3.8) is 0 Å². The van der Waals surface area contributed by atoms with Gasteiger partial charge in [0, 0.05) is 27.1 Å². The van der Waals surface area contributed by atoms with Gasteiger partial charge >= 0.3 is 6.09 Å². The SMILES string of the molecule is CC(=O)NCCN(C)C(=O)OCCC#N. The Labute approximate surface area is 88.8 Å². The van der Waals surface area contributed by atoms with Gasteiger partial charge < -0.3 is 15.0 Å². The lowest BCUT2D eigenvalue weighted by atomic mass is 10.5. The molecule has 0 aromatic heterocycles. The molecule has 0 heterocycles. The molecule has 6 nitrogen and oxygen atoms in total. The minimum Gasteiger partial charge on any atom is -0.448 e. The molecule has 0 rings (SSSR count). The molecule has 6 heteroatoms. The van der Waals surface area contributed by atoms with Gasteiger partial charge in [-0.25, -0.2) is 4.79 Å². The summed E-state index contributed by atoms with van der Waals surface area (Å²) < 4.78 is 4.75. The van der Waals surface area contributed by atoms with Crippen molar-refractivity contribution in [1.29, 1.82) is 5.26 Å². The highest BCUT2D eigenvalue weighted by Gasteiger charge is 2.08. The zero-order chi connectivity index (χ0) is 11.7. The van der Waals surface area contributed by atoms with Crippen molar-refractivity contribution in [3.8, 4) is 6.07 Å². The maximum absolute atomic E-state index is 11.2. The second-order valence-electron chi connectivity index (χ2n) is 2.93. The third-order valence-corrected chi connectivity index (χ3v) is 1.57. The van der Waals surface area contributed by atoms with Gasteiger partial charge in [-0.2, -0.15) is 5.26 Å². The van der Waals surface area contributed by atoms with E-state index in [1.54, 1.807) is 7.05 Å². The van der Waals surface area contributed by atoms with Crippen LogP contribution >= 0.6 is 0 Å². The molecular formula is C9H15N3O3. The topological polar surface area (TPSA) is 82.4 Å². The normalized spacial score (nSPS) is 8.87. The molecule has 0 aliphatic heterocycles. The molecule has 0 aliphatic rings. The second kappa shape index (κ2) is 7.62. The first-order valence-electron chi connectivity index (χ1n) is 4.57. The van der Waals surface area contributed by atoms with Gasteiger partial charge in [0.25, 0.3) is 0 Å². The summed E-state index contributed by atoms with van der Waals surface area (Å²) in [7, 11) is 1.57. The van der Waals surface area contributed by atoms with E-state index in [-0.39, 0.29) is 18.9 Å². The van der Waals surface area contributed by atoms with Crippen LogP contribution in [0.3, 0.4) is 0 Å². The number of ether oxygens (including phenoxy) is 1. The number of likely N-dealkylation sites (N-methyl/N-ethyl adjacent to an activating group) is 1. The maximum atomic E-state index is 11.2. The summed E-state index contributed by atoms with van der Waals surface area (Å²) in [5, 5.41) is 10.8. The largest absolute Gasteiger partial charge is 0.448 e. The third-order valence-electron chi connectivity index (χ3n) is 1.57. The number of hydrogen-bond donors (Lipinski definition) is 1. The molecule has 0 bridgehead atoms. The van der Waals surface area contributed by atoms with E-state index in [1.807, 2.05) is 6.07 Å². The number of rotatable bonds is 5. The lowest BCUT2D eigenvalue weighted by molar-refractivity contribution is -0.119. The molecule has 0 saturated carbocycles. The van der Waals surface area contributed by atoms with E-state index in [4.69, 9.17) is 10.00 Å². The molecule has 1 N–H and O–H groups in total. The van der Waals surface area contributed by atoms with E-state index in [1.165, 1.54) is 11.8 Å². The van der Waals surface area contributed by atoms with Crippen LogP contribution in [0.15, 0.2) is 0 Å². The molecule has 0 saturated heterocycles. The van der Waals surface area contributed by atoms with Gasteiger partial charge in [-0.1, -0.05) is 0 Å². The predicted molar refractivity (Wildman–Crippen MR) is 52.9 cm³/mol. The summed E-state index contributed by atoms with van der Waals surface area (Å²) >= 11 is 0. The second-order valence-corrected chi connectivity index (χ2v) is 2.93. The van der Waals surface area contributed by atoms with Crippen LogP contribution in [0.25, 0.3) is 0 Å². The van der Waals surface area contributed by atoms with Crippen LogP contribution in [0.1, 0.15) is 13.3 Å². The minimum atomic E-state index is -0.490. The summed E-state index contributed by atoms with van der Waals surface area (Å²) in [4.78, 5) is 23.0. The lowest BCUT2D eigenvalue weighted by Crippen LogP contribution is -2.35. The Morgan fingerprint density at radius 1 is 1.53 bits per heavy atom. The summed E-state index contributed by atoms with van der Waals surface area (Å²) in [5.41, 5.74) is 0. The number of nitriles is 1. The van der Waals surface area contributed by atoms with E-state index < -0.39 is 6.09 Å². The molecule has 2 amide bonds. The Kier molecular flexibility index (Phi) is 6.72. The van der Waals surface area contributed by atoms with Crippen LogP contribution in [0.4, 0.5) is 4.79 Å². The average molecular weight is 213 g/mol. The molecule has 0 aliphatic carbocycles. The van der Waals surface area contributed by atoms with Gasteiger partial charge in [-0.3, -0.25) is 4.79 Å². The zero-order valence-electron chi connectivity index (χ0n) is 8.95. The van der Waals surface area contributed by atoms with Gasteiger partial charge in [0.15, 0.2) is 0 Å². The van der Waals surface area contributed by atoms with Crippen LogP contribution in [-0.2, 0) is 9.53 Å². The molecule has 0 fully saturated rings. The number of amides is 2. The van der Waals surface area contributed by atoms with Crippen molar-refractivity contribution in [2.24, 2.45) is 0 Å². The van der Waals surface area contributed by atoms with E-state index >= 15 is 0 Å². The molecule has 0 spiro atoms. The van der Waals surface area contributed by atoms with Crippen molar-refractivity contribution in [1.82, 2.24) is 10.2 Å². The Morgan fingerprint density at radius 2 is 2.20 bits per heavy atom. The smallest absolute Gasteiger partial charge is 0.409 e. The third kappa shape index (κ3) is 7.31. The lowest BCUT2D eigenvalue weighted by Gasteiger charge is -2.16. The van der Waals surface area contributed by atoms with Crippen LogP contribution in [0, 0.1) is 11.3 Å². The van der Waals surface area contributed by atoms with E-state index in [9.17, 15) is 9.59 Å². The fourth-order valence-corrected chi connectivity index (χ4v) is 0.785. The summed E-state index contributed by atoms with van der Waals surface area (Å²) in [6.07, 6.45) is -0.304. The molecule has 0 atom stereocenters. The predicted octanol–water partition coefficient (Wildman–Crippen LogP) is 0.105. The molecular weight excluding hydrogens is 198 g/mol. The van der Waals surface area contributed by atoms with Crippen molar-refractivity contribution >= 4 is 12.0 Å². The van der Waals surface area contributed by atoms with Crippen LogP contribution in [0.2, 0.25) is 0 Å². The monoisotopic (exact) mass is 213 g/mol. The Hall–Kier alpha value is -1.77. The molecule has 84 valence electrons. The Morgan fingerprint density at radius 3 is 2.73 bits per heavy atom. The maximum Gasteiger partial charge on any atom is 0.409 e. The Bertz CT molecular complexity index is 260. The fraction of sp³-hybridized carbons (Fsp3) is 0.667. The van der Waals surface area contributed by atoms with Crippen LogP contribution in [-0.4, -0.2) is 43.6 Å². The molecule has 0 unspecified atom stereocenters. The van der Waals surface area contributed by atoms with Crippen molar-refractivity contribution < 1.29 is 14.3 Å². The standard InChI is InChI=1S/C9H15N3O3/c1-8(13)11-5-6-12(2)9(14)15-7-3-4-10/h3,5-7H2,1-2H3,(H,11,13). The summed E-state index contributed by atoms with van der Waals surface area (Å²) in [6.45, 7) is 2.27. The minimum absolute atomic E-state index is 0.0970. The number of hydrogen-bond acceptors (Lipinski definition) is 4. The summed E-state index contributed by atoms with van der Waals surface area (Å²) in [6, 6.07) is 1.87. The first-order valence-corrected chi connectivity index (χ1v) is 4.57. The van der Waals surface area contributed by atoms with Crippen molar-refractivity contribution in [2.45, 2.75) is 13.3 Å². The van der Waals surface area contributed by atoms with Crippen LogP contribution < -0.4 is 5.32 Å².